The summed E-state index contributed by atoms with van der Waals surface area (Å²) in [5, 5.41) is 7.68. The van der Waals surface area contributed by atoms with Crippen molar-refractivity contribution in [1.29, 1.82) is 0 Å². The Labute approximate surface area is 175 Å². The van der Waals surface area contributed by atoms with Crippen molar-refractivity contribution < 1.29 is 4.79 Å². The zero-order valence-electron chi connectivity index (χ0n) is 17.2. The molecule has 0 spiro atoms. The molecule has 8 heteroatoms. The van der Waals surface area contributed by atoms with Crippen molar-refractivity contribution in [2.75, 3.05) is 24.3 Å². The number of hydrogen-bond donors (Lipinski definition) is 1. The molecule has 2 aliphatic heterocycles. The van der Waals surface area contributed by atoms with Gasteiger partial charge in [0.05, 0.1) is 11.7 Å². The van der Waals surface area contributed by atoms with Gasteiger partial charge >= 0.3 is 0 Å². The highest BCUT2D eigenvalue weighted by molar-refractivity contribution is 5.78. The third kappa shape index (κ3) is 3.28. The monoisotopic (exact) mass is 403 g/mol. The maximum atomic E-state index is 13.2. The van der Waals surface area contributed by atoms with Crippen LogP contribution in [0.15, 0.2) is 48.8 Å². The second-order valence-electron chi connectivity index (χ2n) is 8.07. The summed E-state index contributed by atoms with van der Waals surface area (Å²) in [5.74, 6) is 1.57. The van der Waals surface area contributed by atoms with E-state index in [9.17, 15) is 4.79 Å². The Hall–Kier alpha value is -3.42. The van der Waals surface area contributed by atoms with E-state index in [1.54, 1.807) is 10.9 Å². The lowest BCUT2D eigenvalue weighted by molar-refractivity contribution is -0.135. The second-order valence-corrected chi connectivity index (χ2v) is 8.07. The van der Waals surface area contributed by atoms with Gasteiger partial charge < -0.3 is 15.1 Å². The average molecular weight is 403 g/mol. The van der Waals surface area contributed by atoms with Gasteiger partial charge in [0.1, 0.15) is 12.4 Å². The van der Waals surface area contributed by atoms with Gasteiger partial charge in [-0.3, -0.25) is 9.48 Å². The minimum Gasteiger partial charge on any atom is -0.347 e. The van der Waals surface area contributed by atoms with Crippen LogP contribution in [0.5, 0.6) is 0 Å². The molecule has 1 saturated heterocycles. The first kappa shape index (κ1) is 18.6. The van der Waals surface area contributed by atoms with E-state index in [-0.39, 0.29) is 24.5 Å². The molecule has 30 heavy (non-hydrogen) atoms. The number of nitrogens with one attached hydrogen (secondary N) is 1. The number of aromatic nitrogens is 4. The average Bonchev–Trinajstić information content (AvgIpc) is 3.35. The maximum absolute atomic E-state index is 13.2. The molecule has 1 N–H and O–H groups in total. The van der Waals surface area contributed by atoms with E-state index < -0.39 is 0 Å². The molecule has 0 aliphatic carbocycles. The van der Waals surface area contributed by atoms with E-state index >= 15 is 0 Å². The molecule has 1 aromatic carbocycles. The molecule has 3 aromatic rings. The molecule has 154 valence electrons. The van der Waals surface area contributed by atoms with Crippen LogP contribution in [0.1, 0.15) is 30.1 Å². The Morgan fingerprint density at radius 2 is 2.00 bits per heavy atom. The van der Waals surface area contributed by atoms with Crippen molar-refractivity contribution >= 4 is 23.4 Å². The number of hydrogen-bond acceptors (Lipinski definition) is 6. The molecule has 0 radical (unpaired) electrons. The molecule has 4 heterocycles. The van der Waals surface area contributed by atoms with Gasteiger partial charge in [-0.15, -0.1) is 0 Å². The summed E-state index contributed by atoms with van der Waals surface area (Å²) in [6.07, 6.45) is 6.19. The van der Waals surface area contributed by atoms with E-state index in [1.807, 2.05) is 66.5 Å². The van der Waals surface area contributed by atoms with Crippen molar-refractivity contribution in [3.63, 3.8) is 0 Å². The molecule has 0 saturated carbocycles. The van der Waals surface area contributed by atoms with Crippen LogP contribution in [-0.4, -0.2) is 50.7 Å². The number of rotatable bonds is 5. The molecule has 2 atom stereocenters. The zero-order chi connectivity index (χ0) is 20.7. The molecule has 1 fully saturated rings. The van der Waals surface area contributed by atoms with Gasteiger partial charge in [0.15, 0.2) is 0 Å². The summed E-state index contributed by atoms with van der Waals surface area (Å²) in [5.41, 5.74) is 3.06. The predicted octanol–water partition coefficient (Wildman–Crippen LogP) is 2.77. The van der Waals surface area contributed by atoms with Crippen LogP contribution in [0.25, 0.3) is 0 Å². The molecular weight excluding hydrogens is 378 g/mol. The Kier molecular flexibility index (Phi) is 4.61. The second kappa shape index (κ2) is 7.44. The summed E-state index contributed by atoms with van der Waals surface area (Å²) >= 11 is 0. The highest BCUT2D eigenvalue weighted by Crippen LogP contribution is 2.46. The number of benzene rings is 1. The van der Waals surface area contributed by atoms with Crippen LogP contribution in [0, 0.1) is 0 Å². The number of nitrogens with zero attached hydrogens (tertiary/aromatic N) is 6. The fourth-order valence-corrected chi connectivity index (χ4v) is 4.54. The Morgan fingerprint density at radius 1 is 1.17 bits per heavy atom. The van der Waals surface area contributed by atoms with Gasteiger partial charge in [-0.1, -0.05) is 18.2 Å². The number of carbonyl (C=O) groups excluding carboxylic acids is 1. The molecular formula is C22H25N7O. The molecule has 5 rings (SSSR count). The lowest BCUT2D eigenvalue weighted by atomic mass is 9.97. The first-order valence-corrected chi connectivity index (χ1v) is 10.3. The van der Waals surface area contributed by atoms with Gasteiger partial charge in [0, 0.05) is 50.2 Å². The normalized spacial score (nSPS) is 19.5. The number of para-hydroxylation sites is 1. The quantitative estimate of drug-likeness (QED) is 0.706. The predicted molar refractivity (Wildman–Crippen MR) is 115 cm³/mol. The van der Waals surface area contributed by atoms with Crippen LogP contribution in [0.4, 0.5) is 17.5 Å². The highest BCUT2D eigenvalue weighted by Gasteiger charge is 2.45. The zero-order valence-corrected chi connectivity index (χ0v) is 17.2. The van der Waals surface area contributed by atoms with Crippen molar-refractivity contribution in [3.8, 4) is 0 Å². The summed E-state index contributed by atoms with van der Waals surface area (Å²) in [6, 6.07) is 12.0. The number of fused-ring (bicyclic) bond motifs is 4. The summed E-state index contributed by atoms with van der Waals surface area (Å²) in [7, 11) is 3.90. The Balaban J connectivity index is 1.53. The SMILES string of the molecule is CN(C)c1nc2c(c(Nc3ccccc3)n1)[C@@H]1CC[C@H](C2)N1C(=O)Cn1cccn1. The van der Waals surface area contributed by atoms with Crippen LogP contribution >= 0.6 is 0 Å². The van der Waals surface area contributed by atoms with Crippen LogP contribution in [0.2, 0.25) is 0 Å². The topological polar surface area (TPSA) is 79.2 Å². The largest absolute Gasteiger partial charge is 0.347 e. The summed E-state index contributed by atoms with van der Waals surface area (Å²) in [6.45, 7) is 0.257. The molecule has 1 amide bonds. The molecule has 8 nitrogen and oxygen atoms in total. The van der Waals surface area contributed by atoms with Crippen molar-refractivity contribution in [3.05, 3.63) is 60.0 Å². The fraction of sp³-hybridized carbons (Fsp3) is 0.364. The van der Waals surface area contributed by atoms with Gasteiger partial charge in [-0.05, 0) is 31.0 Å². The highest BCUT2D eigenvalue weighted by atomic mass is 16.2. The van der Waals surface area contributed by atoms with Crippen LogP contribution in [0.3, 0.4) is 0 Å². The number of carbonyl (C=O) groups is 1. The van der Waals surface area contributed by atoms with Crippen molar-refractivity contribution in [2.45, 2.75) is 37.9 Å². The van der Waals surface area contributed by atoms with E-state index in [0.29, 0.717) is 5.95 Å². The van der Waals surface area contributed by atoms with Crippen molar-refractivity contribution in [2.24, 2.45) is 0 Å². The first-order chi connectivity index (χ1) is 14.6. The molecule has 2 bridgehead atoms. The van der Waals surface area contributed by atoms with Gasteiger partial charge in [-0.2, -0.15) is 10.1 Å². The standard InChI is InChI=1S/C22H25N7O/c1-27(2)22-25-17-13-16-9-10-18(29(16)19(30)14-28-12-6-11-23-28)20(17)21(26-22)24-15-7-4-3-5-8-15/h3-8,11-12,16,18H,9-10,13-14H2,1-2H3,(H,24,25,26)/t16-,18+/m1/s1. The summed E-state index contributed by atoms with van der Waals surface area (Å²) < 4.78 is 1.69. The maximum Gasteiger partial charge on any atom is 0.245 e. The van der Waals surface area contributed by atoms with E-state index in [2.05, 4.69) is 10.4 Å². The summed E-state index contributed by atoms with van der Waals surface area (Å²) in [4.78, 5) is 26.8. The molecule has 2 aromatic heterocycles. The van der Waals surface area contributed by atoms with Crippen LogP contribution < -0.4 is 10.2 Å². The molecule has 0 unspecified atom stereocenters. The van der Waals surface area contributed by atoms with Gasteiger partial charge in [-0.25, -0.2) is 4.98 Å². The van der Waals surface area contributed by atoms with E-state index in [1.165, 1.54) is 0 Å². The van der Waals surface area contributed by atoms with Crippen molar-refractivity contribution in [1.82, 2.24) is 24.6 Å². The smallest absolute Gasteiger partial charge is 0.245 e. The Bertz CT molecular complexity index is 1050. The number of anilines is 3. The first-order valence-electron chi connectivity index (χ1n) is 10.3. The van der Waals surface area contributed by atoms with Crippen LogP contribution in [-0.2, 0) is 17.8 Å². The van der Waals surface area contributed by atoms with Gasteiger partial charge in [0.25, 0.3) is 0 Å². The number of amides is 1. The third-order valence-electron chi connectivity index (χ3n) is 5.86. The molecule has 2 aliphatic rings. The Morgan fingerprint density at radius 3 is 2.73 bits per heavy atom. The lowest BCUT2D eigenvalue weighted by Crippen LogP contribution is -2.44. The fourth-order valence-electron chi connectivity index (χ4n) is 4.54. The minimum absolute atomic E-state index is 0.00997. The van der Waals surface area contributed by atoms with Gasteiger partial charge in [0.2, 0.25) is 11.9 Å². The van der Waals surface area contributed by atoms with E-state index in [0.717, 1.165) is 42.0 Å². The minimum atomic E-state index is -0.00997. The lowest BCUT2D eigenvalue weighted by Gasteiger charge is -2.37. The van der Waals surface area contributed by atoms with E-state index in [4.69, 9.17) is 9.97 Å². The third-order valence-corrected chi connectivity index (χ3v) is 5.86.